The van der Waals surface area contributed by atoms with Gasteiger partial charge >= 0.3 is 0 Å². The highest BCUT2D eigenvalue weighted by Gasteiger charge is 2.50. The largest absolute Gasteiger partial charge is 0.396 e. The third-order valence-electron chi connectivity index (χ3n) is 6.25. The van der Waals surface area contributed by atoms with Crippen LogP contribution in [0.5, 0.6) is 0 Å². The van der Waals surface area contributed by atoms with Crippen LogP contribution in [0.4, 0.5) is 0 Å². The van der Waals surface area contributed by atoms with Gasteiger partial charge in [-0.15, -0.1) is 22.7 Å². The van der Waals surface area contributed by atoms with Crippen LogP contribution in [0, 0.1) is 12.8 Å². The molecule has 3 aromatic rings. The molecule has 1 saturated heterocycles. The molecular formula is C23H25NO4S2. The summed E-state index contributed by atoms with van der Waals surface area (Å²) in [5.74, 6) is -1.23. The van der Waals surface area contributed by atoms with Crippen LogP contribution in [0.1, 0.15) is 40.6 Å². The van der Waals surface area contributed by atoms with Crippen molar-refractivity contribution in [2.75, 3.05) is 6.61 Å². The Kier molecular flexibility index (Phi) is 5.29. The van der Waals surface area contributed by atoms with Crippen molar-refractivity contribution in [2.24, 2.45) is 5.92 Å². The second-order valence-electron chi connectivity index (χ2n) is 8.19. The van der Waals surface area contributed by atoms with E-state index in [2.05, 4.69) is 41.6 Å². The summed E-state index contributed by atoms with van der Waals surface area (Å²) in [4.78, 5) is 7.09. The second kappa shape index (κ2) is 7.82. The predicted octanol–water partition coefficient (Wildman–Crippen LogP) is 4.23. The summed E-state index contributed by atoms with van der Waals surface area (Å²) in [5.41, 5.74) is 4.51. The van der Waals surface area contributed by atoms with Crippen LogP contribution >= 0.6 is 22.7 Å². The number of hydrogen-bond donors (Lipinski definition) is 2. The van der Waals surface area contributed by atoms with Gasteiger partial charge in [-0.05, 0) is 48.1 Å². The first-order chi connectivity index (χ1) is 14.5. The standard InChI is InChI=1S/C23H25NO4S2/c1-13-6-16-12-27-23(9-19(26)17(11-25)14(2)28-23)18(16)7-15(13)8-22-24-10-21(30-22)20-4-3-5-29-20/h3-7,10,14,17,19,25-26H,8-9,11-12H2,1-2H3/t14-,17?,19-,23-/m1/s1. The molecule has 2 aliphatic rings. The normalized spacial score (nSPS) is 28.2. The molecule has 1 aromatic carbocycles. The molecule has 7 heteroatoms. The number of fused-ring (bicyclic) bond motifs is 2. The molecule has 0 saturated carbocycles. The van der Waals surface area contributed by atoms with Crippen molar-refractivity contribution in [1.29, 1.82) is 0 Å². The predicted molar refractivity (Wildman–Crippen MR) is 118 cm³/mol. The van der Waals surface area contributed by atoms with E-state index >= 15 is 0 Å². The number of aryl methyl sites for hydroxylation is 1. The van der Waals surface area contributed by atoms with Crippen molar-refractivity contribution in [1.82, 2.24) is 4.98 Å². The molecule has 1 unspecified atom stereocenters. The van der Waals surface area contributed by atoms with Crippen molar-refractivity contribution in [3.05, 3.63) is 63.1 Å². The van der Waals surface area contributed by atoms with E-state index in [1.54, 1.807) is 22.7 Å². The molecule has 0 amide bonds. The maximum atomic E-state index is 10.6. The van der Waals surface area contributed by atoms with E-state index < -0.39 is 11.9 Å². The molecule has 30 heavy (non-hydrogen) atoms. The minimum absolute atomic E-state index is 0.0962. The highest BCUT2D eigenvalue weighted by molar-refractivity contribution is 7.21. The molecule has 5 rings (SSSR count). The molecule has 2 aliphatic heterocycles. The van der Waals surface area contributed by atoms with Gasteiger partial charge in [-0.2, -0.15) is 0 Å². The maximum absolute atomic E-state index is 10.6. The van der Waals surface area contributed by atoms with Gasteiger partial charge in [0.25, 0.3) is 0 Å². The molecule has 0 aliphatic carbocycles. The Morgan fingerprint density at radius 1 is 1.30 bits per heavy atom. The molecule has 4 heterocycles. The zero-order valence-corrected chi connectivity index (χ0v) is 18.6. The Labute approximate surface area is 183 Å². The van der Waals surface area contributed by atoms with E-state index in [-0.39, 0.29) is 18.6 Å². The molecule has 0 radical (unpaired) electrons. The fourth-order valence-corrected chi connectivity index (χ4v) is 6.31. The smallest absolute Gasteiger partial charge is 0.198 e. The minimum Gasteiger partial charge on any atom is -0.396 e. The Morgan fingerprint density at radius 3 is 2.90 bits per heavy atom. The molecule has 1 fully saturated rings. The summed E-state index contributed by atoms with van der Waals surface area (Å²) in [5, 5.41) is 23.4. The lowest BCUT2D eigenvalue weighted by atomic mass is 9.84. The Bertz CT molecular complexity index is 1030. The van der Waals surface area contributed by atoms with Gasteiger partial charge in [0.05, 0.1) is 35.3 Å². The van der Waals surface area contributed by atoms with Gasteiger partial charge in [-0.1, -0.05) is 12.1 Å². The van der Waals surface area contributed by atoms with E-state index in [1.165, 1.54) is 20.9 Å². The maximum Gasteiger partial charge on any atom is 0.198 e. The zero-order chi connectivity index (χ0) is 20.9. The minimum atomic E-state index is -0.937. The average Bonchev–Trinajstić information content (AvgIpc) is 3.44. The van der Waals surface area contributed by atoms with Gasteiger partial charge in [-0.3, -0.25) is 0 Å². The van der Waals surface area contributed by atoms with E-state index in [0.29, 0.717) is 13.0 Å². The third kappa shape index (κ3) is 3.43. The number of hydrogen-bond acceptors (Lipinski definition) is 7. The number of rotatable bonds is 4. The van der Waals surface area contributed by atoms with Gasteiger partial charge in [0.1, 0.15) is 0 Å². The molecule has 2 aromatic heterocycles. The first-order valence-corrected chi connectivity index (χ1v) is 11.9. The topological polar surface area (TPSA) is 71.8 Å². The number of aliphatic hydroxyl groups is 2. The number of aliphatic hydroxyl groups excluding tert-OH is 2. The van der Waals surface area contributed by atoms with Crippen molar-refractivity contribution >= 4 is 22.7 Å². The van der Waals surface area contributed by atoms with E-state index in [9.17, 15) is 10.2 Å². The third-order valence-corrected chi connectivity index (χ3v) is 8.32. The number of aromatic nitrogens is 1. The lowest BCUT2D eigenvalue weighted by molar-refractivity contribution is -0.312. The SMILES string of the molecule is Cc1cc2c(cc1Cc1ncc(-c3cccs3)s1)[C@]1(C[C@@H](O)C(CO)[C@@H](C)O1)OC2. The Morgan fingerprint density at radius 2 is 2.17 bits per heavy atom. The lowest BCUT2D eigenvalue weighted by Gasteiger charge is -2.43. The zero-order valence-electron chi connectivity index (χ0n) is 17.0. The van der Waals surface area contributed by atoms with Crippen LogP contribution in [0.2, 0.25) is 0 Å². The molecular weight excluding hydrogens is 418 g/mol. The van der Waals surface area contributed by atoms with Gasteiger partial charge in [0.15, 0.2) is 5.79 Å². The number of thiazole rings is 1. The molecule has 5 nitrogen and oxygen atoms in total. The van der Waals surface area contributed by atoms with E-state index in [4.69, 9.17) is 9.47 Å². The number of benzene rings is 1. The fourth-order valence-electron chi connectivity index (χ4n) is 4.55. The van der Waals surface area contributed by atoms with Crippen LogP contribution in [0.15, 0.2) is 35.8 Å². The van der Waals surface area contributed by atoms with Crippen LogP contribution in [0.25, 0.3) is 9.75 Å². The fraction of sp³-hybridized carbons (Fsp3) is 0.435. The monoisotopic (exact) mass is 443 g/mol. The highest BCUT2D eigenvalue weighted by atomic mass is 32.1. The number of thiophene rings is 1. The second-order valence-corrected chi connectivity index (χ2v) is 10.3. The van der Waals surface area contributed by atoms with Crippen LogP contribution in [-0.2, 0) is 28.3 Å². The summed E-state index contributed by atoms with van der Waals surface area (Å²) in [6.45, 7) is 4.39. The van der Waals surface area contributed by atoms with Crippen molar-refractivity contribution < 1.29 is 19.7 Å². The van der Waals surface area contributed by atoms with E-state index in [1.807, 2.05) is 13.1 Å². The van der Waals surface area contributed by atoms with Crippen molar-refractivity contribution in [3.8, 4) is 9.75 Å². The van der Waals surface area contributed by atoms with Gasteiger partial charge in [0, 0.05) is 35.4 Å². The first-order valence-electron chi connectivity index (χ1n) is 10.2. The summed E-state index contributed by atoms with van der Waals surface area (Å²) >= 11 is 3.46. The first kappa shape index (κ1) is 20.3. The highest BCUT2D eigenvalue weighted by Crippen LogP contribution is 2.47. The van der Waals surface area contributed by atoms with Crippen molar-refractivity contribution in [2.45, 2.75) is 51.3 Å². The molecule has 4 atom stereocenters. The Balaban J connectivity index is 1.45. The van der Waals surface area contributed by atoms with E-state index in [0.717, 1.165) is 22.6 Å². The average molecular weight is 444 g/mol. The summed E-state index contributed by atoms with van der Waals surface area (Å²) in [7, 11) is 0. The summed E-state index contributed by atoms with van der Waals surface area (Å²) in [6, 6.07) is 8.52. The molecule has 0 bridgehead atoms. The molecule has 158 valence electrons. The molecule has 2 N–H and O–H groups in total. The lowest BCUT2D eigenvalue weighted by Crippen LogP contribution is -2.50. The number of ether oxygens (including phenoxy) is 2. The van der Waals surface area contributed by atoms with Crippen LogP contribution < -0.4 is 0 Å². The van der Waals surface area contributed by atoms with Gasteiger partial charge < -0.3 is 19.7 Å². The summed E-state index contributed by atoms with van der Waals surface area (Å²) in [6.07, 6.45) is 2.08. The van der Waals surface area contributed by atoms with Gasteiger partial charge in [0.2, 0.25) is 0 Å². The molecule has 1 spiro atoms. The van der Waals surface area contributed by atoms with Crippen molar-refractivity contribution in [3.63, 3.8) is 0 Å². The van der Waals surface area contributed by atoms with Gasteiger partial charge in [-0.25, -0.2) is 4.98 Å². The quantitative estimate of drug-likeness (QED) is 0.631. The number of nitrogens with zero attached hydrogens (tertiary/aromatic N) is 1. The Hall–Kier alpha value is -1.61. The summed E-state index contributed by atoms with van der Waals surface area (Å²) < 4.78 is 12.4. The van der Waals surface area contributed by atoms with Crippen LogP contribution in [-0.4, -0.2) is 34.0 Å². The van der Waals surface area contributed by atoms with Crippen LogP contribution in [0.3, 0.4) is 0 Å².